The Hall–Kier alpha value is -1.28. The predicted octanol–water partition coefficient (Wildman–Crippen LogP) is 2.22. The number of halogens is 4. The number of aromatic nitrogens is 2. The van der Waals surface area contributed by atoms with Crippen molar-refractivity contribution in [3.8, 4) is 0 Å². The molecule has 1 unspecified atom stereocenters. The molecule has 1 N–H and O–H groups in total. The quantitative estimate of drug-likeness (QED) is 0.926. The van der Waals surface area contributed by atoms with Gasteiger partial charge in [0.1, 0.15) is 5.15 Å². The number of hydrogen-bond donors (Lipinski definition) is 1. The summed E-state index contributed by atoms with van der Waals surface area (Å²) in [4.78, 5) is 12.6. The van der Waals surface area contributed by atoms with E-state index in [1.165, 1.54) is 9.58 Å². The van der Waals surface area contributed by atoms with Crippen LogP contribution in [0.5, 0.6) is 0 Å². The van der Waals surface area contributed by atoms with Gasteiger partial charge >= 0.3 is 12.1 Å². The summed E-state index contributed by atoms with van der Waals surface area (Å²) in [7, 11) is 1.64. The highest BCUT2D eigenvalue weighted by molar-refractivity contribution is 6.30. The zero-order valence-corrected chi connectivity index (χ0v) is 12.3. The van der Waals surface area contributed by atoms with Crippen LogP contribution in [0.4, 0.5) is 13.2 Å². The second kappa shape index (κ2) is 5.17. The molecule has 118 valence electrons. The number of alkyl halides is 3. The van der Waals surface area contributed by atoms with Crippen LogP contribution in [0, 0.1) is 12.3 Å². The molecule has 1 aromatic rings. The number of aliphatic carboxylic acids is 1. The number of rotatable bonds is 3. The van der Waals surface area contributed by atoms with E-state index in [-0.39, 0.29) is 13.1 Å². The summed E-state index contributed by atoms with van der Waals surface area (Å²) in [5, 5.41) is 13.5. The van der Waals surface area contributed by atoms with Crippen molar-refractivity contribution >= 4 is 17.6 Å². The predicted molar refractivity (Wildman–Crippen MR) is 69.0 cm³/mol. The highest BCUT2D eigenvalue weighted by Crippen LogP contribution is 2.46. The topological polar surface area (TPSA) is 58.4 Å². The summed E-state index contributed by atoms with van der Waals surface area (Å²) in [6, 6.07) is 0. The molecule has 2 rings (SSSR count). The molecule has 0 aromatic carbocycles. The molecule has 0 radical (unpaired) electrons. The Balaban J connectivity index is 2.21. The molecule has 1 fully saturated rings. The lowest BCUT2D eigenvalue weighted by atomic mass is 9.86. The second-order valence-electron chi connectivity index (χ2n) is 5.32. The number of carboxylic acids is 1. The Bertz CT molecular complexity index is 573. The molecule has 21 heavy (non-hydrogen) atoms. The van der Waals surface area contributed by atoms with Crippen LogP contribution in [0.15, 0.2) is 0 Å². The zero-order valence-electron chi connectivity index (χ0n) is 11.5. The zero-order chi connectivity index (χ0) is 16.0. The van der Waals surface area contributed by atoms with E-state index < -0.39 is 30.5 Å². The van der Waals surface area contributed by atoms with Crippen molar-refractivity contribution in [1.29, 1.82) is 0 Å². The van der Waals surface area contributed by atoms with Gasteiger partial charge in [-0.15, -0.1) is 0 Å². The molecule has 1 aliphatic rings. The summed E-state index contributed by atoms with van der Waals surface area (Å²) in [6.45, 7) is 1.35. The van der Waals surface area contributed by atoms with Crippen LogP contribution in [0.1, 0.15) is 17.7 Å². The van der Waals surface area contributed by atoms with Gasteiger partial charge in [0.2, 0.25) is 0 Å². The van der Waals surface area contributed by atoms with Gasteiger partial charge in [0, 0.05) is 32.2 Å². The first kappa shape index (κ1) is 16.1. The highest BCUT2D eigenvalue weighted by Gasteiger charge is 2.63. The van der Waals surface area contributed by atoms with Gasteiger partial charge in [-0.25, -0.2) is 0 Å². The van der Waals surface area contributed by atoms with Crippen molar-refractivity contribution in [3.63, 3.8) is 0 Å². The van der Waals surface area contributed by atoms with E-state index in [1.54, 1.807) is 14.0 Å². The fourth-order valence-corrected chi connectivity index (χ4v) is 2.86. The molecule has 1 aliphatic heterocycles. The number of likely N-dealkylation sites (tertiary alicyclic amines) is 1. The molecule has 0 spiro atoms. The summed E-state index contributed by atoms with van der Waals surface area (Å²) in [5.74, 6) is -1.83. The van der Waals surface area contributed by atoms with Gasteiger partial charge in [0.15, 0.2) is 5.41 Å². The third-order valence-electron chi connectivity index (χ3n) is 3.95. The molecule has 2 heterocycles. The van der Waals surface area contributed by atoms with Crippen molar-refractivity contribution in [2.45, 2.75) is 26.1 Å². The van der Waals surface area contributed by atoms with Crippen LogP contribution in [0.2, 0.25) is 5.15 Å². The van der Waals surface area contributed by atoms with E-state index in [2.05, 4.69) is 5.10 Å². The number of nitrogens with zero attached hydrogens (tertiary/aromatic N) is 3. The lowest BCUT2D eigenvalue weighted by Gasteiger charge is -2.27. The molecule has 1 atom stereocenters. The molecule has 1 saturated heterocycles. The minimum Gasteiger partial charge on any atom is -0.481 e. The maximum absolute atomic E-state index is 13.1. The average molecular weight is 326 g/mol. The second-order valence-corrected chi connectivity index (χ2v) is 5.68. The van der Waals surface area contributed by atoms with Gasteiger partial charge in [-0.05, 0) is 13.3 Å². The van der Waals surface area contributed by atoms with Gasteiger partial charge < -0.3 is 5.11 Å². The van der Waals surface area contributed by atoms with Crippen LogP contribution in [0.3, 0.4) is 0 Å². The van der Waals surface area contributed by atoms with E-state index in [0.717, 1.165) is 0 Å². The number of carboxylic acid groups (broad SMARTS) is 1. The normalized spacial score (nSPS) is 23.7. The lowest BCUT2D eigenvalue weighted by molar-refractivity contribution is -0.227. The third kappa shape index (κ3) is 2.62. The van der Waals surface area contributed by atoms with Crippen LogP contribution < -0.4 is 0 Å². The van der Waals surface area contributed by atoms with E-state index >= 15 is 0 Å². The Kier molecular flexibility index (Phi) is 3.96. The van der Waals surface area contributed by atoms with Crippen molar-refractivity contribution < 1.29 is 23.1 Å². The maximum Gasteiger partial charge on any atom is 0.406 e. The Morgan fingerprint density at radius 2 is 2.14 bits per heavy atom. The van der Waals surface area contributed by atoms with Crippen molar-refractivity contribution in [2.24, 2.45) is 12.5 Å². The molecule has 0 amide bonds. The first-order chi connectivity index (χ1) is 9.58. The van der Waals surface area contributed by atoms with Crippen LogP contribution in [0.25, 0.3) is 0 Å². The minimum atomic E-state index is -4.78. The molecule has 0 aliphatic carbocycles. The molecule has 5 nitrogen and oxygen atoms in total. The van der Waals surface area contributed by atoms with Gasteiger partial charge in [0.25, 0.3) is 0 Å². The Morgan fingerprint density at radius 1 is 1.52 bits per heavy atom. The molecule has 1 aromatic heterocycles. The minimum absolute atomic E-state index is 0.0521. The number of hydrogen-bond acceptors (Lipinski definition) is 3. The molecular weight excluding hydrogens is 311 g/mol. The summed E-state index contributed by atoms with van der Waals surface area (Å²) in [5.41, 5.74) is -1.44. The highest BCUT2D eigenvalue weighted by atomic mass is 35.5. The Labute approximate surface area is 124 Å². The van der Waals surface area contributed by atoms with Crippen molar-refractivity contribution in [1.82, 2.24) is 14.7 Å². The van der Waals surface area contributed by atoms with E-state index in [0.29, 0.717) is 16.4 Å². The monoisotopic (exact) mass is 325 g/mol. The van der Waals surface area contributed by atoms with Crippen LogP contribution in [-0.2, 0) is 18.4 Å². The third-order valence-corrected chi connectivity index (χ3v) is 4.42. The summed E-state index contributed by atoms with van der Waals surface area (Å²) in [6.07, 6.45) is -5.23. The van der Waals surface area contributed by atoms with Gasteiger partial charge in [0.05, 0.1) is 5.69 Å². The van der Waals surface area contributed by atoms with Crippen molar-refractivity contribution in [3.05, 3.63) is 16.4 Å². The molecule has 0 bridgehead atoms. The summed E-state index contributed by atoms with van der Waals surface area (Å²) >= 11 is 6.05. The van der Waals surface area contributed by atoms with E-state index in [1.807, 2.05) is 0 Å². The standard InChI is InChI=1S/C12H15ClF3N3O2/c1-7-8(9(13)18(2)17-7)5-19-4-3-11(6-19,10(20)21)12(14,15)16/h3-6H2,1-2H3,(H,20,21). The van der Waals surface area contributed by atoms with Gasteiger partial charge in [-0.3, -0.25) is 14.4 Å². The first-order valence-corrected chi connectivity index (χ1v) is 6.67. The largest absolute Gasteiger partial charge is 0.481 e. The van der Waals surface area contributed by atoms with E-state index in [4.69, 9.17) is 16.7 Å². The number of aryl methyl sites for hydroxylation is 2. The summed E-state index contributed by atoms with van der Waals surface area (Å²) < 4.78 is 40.7. The SMILES string of the molecule is Cc1nn(C)c(Cl)c1CN1CCC(C(=O)O)(C(F)(F)F)C1. The fourth-order valence-electron chi connectivity index (χ4n) is 2.63. The first-order valence-electron chi connectivity index (χ1n) is 6.29. The fraction of sp³-hybridized carbons (Fsp3) is 0.667. The van der Waals surface area contributed by atoms with E-state index in [9.17, 15) is 18.0 Å². The van der Waals surface area contributed by atoms with Crippen LogP contribution >= 0.6 is 11.6 Å². The molecular formula is C12H15ClF3N3O2. The van der Waals surface area contributed by atoms with Gasteiger partial charge in [-0.1, -0.05) is 11.6 Å². The molecule has 0 saturated carbocycles. The van der Waals surface area contributed by atoms with Crippen LogP contribution in [-0.4, -0.2) is 45.0 Å². The Morgan fingerprint density at radius 3 is 2.52 bits per heavy atom. The smallest absolute Gasteiger partial charge is 0.406 e. The van der Waals surface area contributed by atoms with Crippen molar-refractivity contribution in [2.75, 3.05) is 13.1 Å². The number of carbonyl (C=O) groups is 1. The average Bonchev–Trinajstić information content (AvgIpc) is 2.88. The molecule has 9 heteroatoms. The lowest BCUT2D eigenvalue weighted by Crippen LogP contribution is -2.47. The van der Waals surface area contributed by atoms with Gasteiger partial charge in [-0.2, -0.15) is 18.3 Å². The maximum atomic E-state index is 13.1.